The number of nitrogens with zero attached hydrogens (tertiary/aromatic N) is 1. The Morgan fingerprint density at radius 2 is 2.07 bits per heavy atom. The molecule has 0 saturated carbocycles. The van der Waals surface area contributed by atoms with E-state index in [1.54, 1.807) is 0 Å². The quantitative estimate of drug-likeness (QED) is 0.781. The van der Waals surface area contributed by atoms with E-state index in [0.29, 0.717) is 0 Å². The Morgan fingerprint density at radius 1 is 1.27 bits per heavy atom. The first-order chi connectivity index (χ1) is 7.38. The van der Waals surface area contributed by atoms with Gasteiger partial charge in [0.2, 0.25) is 0 Å². The summed E-state index contributed by atoms with van der Waals surface area (Å²) in [6.07, 6.45) is 2.09. The number of rotatable bonds is 4. The molecule has 15 heavy (non-hydrogen) atoms. The van der Waals surface area contributed by atoms with Gasteiger partial charge in [0, 0.05) is 25.7 Å². The van der Waals surface area contributed by atoms with Crippen molar-refractivity contribution in [3.05, 3.63) is 29.8 Å². The monoisotopic (exact) mass is 203 g/mol. The van der Waals surface area contributed by atoms with Crippen LogP contribution in [0.4, 0.5) is 5.69 Å². The summed E-state index contributed by atoms with van der Waals surface area (Å²) < 4.78 is 0. The molecular weight excluding hydrogens is 186 g/mol. The van der Waals surface area contributed by atoms with Gasteiger partial charge in [-0.25, -0.2) is 0 Å². The van der Waals surface area contributed by atoms with Gasteiger partial charge in [-0.3, -0.25) is 4.99 Å². The number of aliphatic imine (C=N–C) groups is 1. The van der Waals surface area contributed by atoms with Gasteiger partial charge in [0.15, 0.2) is 0 Å². The third-order valence-corrected chi connectivity index (χ3v) is 2.64. The Bertz CT molecular complexity index is 340. The summed E-state index contributed by atoms with van der Waals surface area (Å²) in [5.74, 6) is 1.16. The van der Waals surface area contributed by atoms with Crippen molar-refractivity contribution in [1.82, 2.24) is 5.32 Å². The van der Waals surface area contributed by atoms with E-state index in [2.05, 4.69) is 39.9 Å². The van der Waals surface area contributed by atoms with Crippen LogP contribution in [-0.2, 0) is 6.42 Å². The first kappa shape index (κ1) is 10.0. The zero-order valence-corrected chi connectivity index (χ0v) is 9.09. The number of hydrogen-bond acceptors (Lipinski definition) is 3. The SMILES string of the molecule is CNc1ccc(CCC2=NCCN2)cc1. The Kier molecular flexibility index (Phi) is 3.22. The molecule has 0 spiro atoms. The highest BCUT2D eigenvalue weighted by molar-refractivity contribution is 5.83. The van der Waals surface area contributed by atoms with Crippen LogP contribution in [0.5, 0.6) is 0 Å². The van der Waals surface area contributed by atoms with E-state index in [1.807, 2.05) is 7.05 Å². The van der Waals surface area contributed by atoms with E-state index in [9.17, 15) is 0 Å². The van der Waals surface area contributed by atoms with Crippen molar-refractivity contribution in [3.63, 3.8) is 0 Å². The van der Waals surface area contributed by atoms with Gasteiger partial charge in [0.25, 0.3) is 0 Å². The molecule has 0 atom stereocenters. The molecule has 1 aliphatic rings. The Labute approximate surface area is 90.6 Å². The maximum Gasteiger partial charge on any atom is 0.0967 e. The van der Waals surface area contributed by atoms with Crippen LogP contribution in [0, 0.1) is 0 Å². The molecule has 0 saturated heterocycles. The molecule has 0 unspecified atom stereocenters. The third kappa shape index (κ3) is 2.72. The highest BCUT2D eigenvalue weighted by Gasteiger charge is 2.04. The van der Waals surface area contributed by atoms with Gasteiger partial charge in [-0.15, -0.1) is 0 Å². The van der Waals surface area contributed by atoms with Crippen LogP contribution in [0.2, 0.25) is 0 Å². The fourth-order valence-corrected chi connectivity index (χ4v) is 1.72. The number of hydrogen-bond donors (Lipinski definition) is 2. The molecule has 0 fully saturated rings. The van der Waals surface area contributed by atoms with Gasteiger partial charge in [-0.1, -0.05) is 12.1 Å². The minimum absolute atomic E-state index is 0.939. The zero-order valence-electron chi connectivity index (χ0n) is 9.09. The fourth-order valence-electron chi connectivity index (χ4n) is 1.72. The smallest absolute Gasteiger partial charge is 0.0967 e. The number of nitrogens with one attached hydrogen (secondary N) is 2. The van der Waals surface area contributed by atoms with E-state index < -0.39 is 0 Å². The van der Waals surface area contributed by atoms with E-state index in [-0.39, 0.29) is 0 Å². The van der Waals surface area contributed by atoms with E-state index in [1.165, 1.54) is 5.56 Å². The van der Waals surface area contributed by atoms with Crippen molar-refractivity contribution in [2.45, 2.75) is 12.8 Å². The standard InChI is InChI=1S/C12H17N3/c1-13-11-5-2-10(3-6-11)4-7-12-14-8-9-15-12/h2-3,5-6,13H,4,7-9H2,1H3,(H,14,15). The van der Waals surface area contributed by atoms with Gasteiger partial charge >= 0.3 is 0 Å². The minimum Gasteiger partial charge on any atom is -0.388 e. The number of amidine groups is 1. The van der Waals surface area contributed by atoms with Crippen LogP contribution >= 0.6 is 0 Å². The topological polar surface area (TPSA) is 36.4 Å². The van der Waals surface area contributed by atoms with Gasteiger partial charge in [-0.05, 0) is 24.1 Å². The normalized spacial score (nSPS) is 14.6. The minimum atomic E-state index is 0.939. The average molecular weight is 203 g/mol. The van der Waals surface area contributed by atoms with Crippen molar-refractivity contribution in [2.24, 2.45) is 4.99 Å². The van der Waals surface area contributed by atoms with Crippen LogP contribution in [0.25, 0.3) is 0 Å². The average Bonchev–Trinajstić information content (AvgIpc) is 2.80. The maximum absolute atomic E-state index is 4.38. The van der Waals surface area contributed by atoms with Crippen LogP contribution in [0.1, 0.15) is 12.0 Å². The van der Waals surface area contributed by atoms with Crippen LogP contribution < -0.4 is 10.6 Å². The molecule has 0 aromatic heterocycles. The maximum atomic E-state index is 4.38. The summed E-state index contributed by atoms with van der Waals surface area (Å²) in [6.45, 7) is 1.95. The van der Waals surface area contributed by atoms with Gasteiger partial charge in [0.1, 0.15) is 0 Å². The molecular formula is C12H17N3. The molecule has 1 aromatic carbocycles. The summed E-state index contributed by atoms with van der Waals surface area (Å²) in [6, 6.07) is 8.56. The highest BCUT2D eigenvalue weighted by atomic mass is 15.1. The number of aryl methyl sites for hydroxylation is 1. The van der Waals surface area contributed by atoms with Gasteiger partial charge in [-0.2, -0.15) is 0 Å². The molecule has 2 N–H and O–H groups in total. The second kappa shape index (κ2) is 4.82. The summed E-state index contributed by atoms with van der Waals surface area (Å²) in [4.78, 5) is 4.38. The van der Waals surface area contributed by atoms with Crippen LogP contribution in [0.15, 0.2) is 29.3 Å². The molecule has 1 heterocycles. The van der Waals surface area contributed by atoms with Crippen molar-refractivity contribution < 1.29 is 0 Å². The predicted octanol–water partition coefficient (Wildman–Crippen LogP) is 1.66. The van der Waals surface area contributed by atoms with Crippen molar-refractivity contribution in [2.75, 3.05) is 25.5 Å². The van der Waals surface area contributed by atoms with Gasteiger partial charge < -0.3 is 10.6 Å². The molecule has 0 amide bonds. The first-order valence-electron chi connectivity index (χ1n) is 5.42. The van der Waals surface area contributed by atoms with Gasteiger partial charge in [0.05, 0.1) is 12.4 Å². The molecule has 3 heteroatoms. The molecule has 1 aliphatic heterocycles. The van der Waals surface area contributed by atoms with E-state index >= 15 is 0 Å². The molecule has 3 nitrogen and oxygen atoms in total. The van der Waals surface area contributed by atoms with E-state index in [0.717, 1.165) is 37.5 Å². The summed E-state index contributed by atoms with van der Waals surface area (Å²) in [7, 11) is 1.94. The lowest BCUT2D eigenvalue weighted by Gasteiger charge is -2.04. The lowest BCUT2D eigenvalue weighted by atomic mass is 10.1. The largest absolute Gasteiger partial charge is 0.388 e. The molecule has 0 bridgehead atoms. The van der Waals surface area contributed by atoms with Crippen LogP contribution in [-0.4, -0.2) is 26.0 Å². The third-order valence-electron chi connectivity index (χ3n) is 2.64. The molecule has 0 radical (unpaired) electrons. The second-order valence-electron chi connectivity index (χ2n) is 3.70. The zero-order chi connectivity index (χ0) is 10.5. The fraction of sp³-hybridized carbons (Fsp3) is 0.417. The van der Waals surface area contributed by atoms with Crippen LogP contribution in [0.3, 0.4) is 0 Å². The molecule has 2 rings (SSSR count). The summed E-state index contributed by atoms with van der Waals surface area (Å²) in [5, 5.41) is 6.40. The summed E-state index contributed by atoms with van der Waals surface area (Å²) >= 11 is 0. The molecule has 0 aliphatic carbocycles. The predicted molar refractivity (Wildman–Crippen MR) is 64.6 cm³/mol. The number of anilines is 1. The first-order valence-corrected chi connectivity index (χ1v) is 5.42. The van der Waals surface area contributed by atoms with Crippen molar-refractivity contribution in [3.8, 4) is 0 Å². The Morgan fingerprint density at radius 3 is 2.67 bits per heavy atom. The van der Waals surface area contributed by atoms with Crippen molar-refractivity contribution in [1.29, 1.82) is 0 Å². The lowest BCUT2D eigenvalue weighted by Crippen LogP contribution is -2.18. The highest BCUT2D eigenvalue weighted by Crippen LogP contribution is 2.10. The summed E-state index contributed by atoms with van der Waals surface area (Å²) in [5.41, 5.74) is 2.53. The molecule has 1 aromatic rings. The Balaban J connectivity index is 1.87. The number of benzene rings is 1. The molecule has 80 valence electrons. The Hall–Kier alpha value is -1.51. The van der Waals surface area contributed by atoms with Crippen molar-refractivity contribution >= 4 is 11.5 Å². The second-order valence-corrected chi connectivity index (χ2v) is 3.70. The van der Waals surface area contributed by atoms with E-state index in [4.69, 9.17) is 0 Å². The lowest BCUT2D eigenvalue weighted by molar-refractivity contribution is 0.934.